The average Bonchev–Trinajstić information content (AvgIpc) is 2.62. The van der Waals surface area contributed by atoms with Gasteiger partial charge in [0, 0.05) is 13.1 Å². The Balaban J connectivity index is 0.00000676. The topological polar surface area (TPSA) is 92.2 Å². The van der Waals surface area contributed by atoms with E-state index in [1.807, 2.05) is 45.0 Å². The van der Waals surface area contributed by atoms with Gasteiger partial charge in [0.25, 0.3) is 0 Å². The second-order valence-corrected chi connectivity index (χ2v) is 6.28. The summed E-state index contributed by atoms with van der Waals surface area (Å²) < 4.78 is 10.3. The molecule has 8 heteroatoms. The third-order valence-corrected chi connectivity index (χ3v) is 3.57. The van der Waals surface area contributed by atoms with Crippen LogP contribution in [0.1, 0.15) is 39.4 Å². The number of methoxy groups -OCH3 is 1. The second-order valence-electron chi connectivity index (χ2n) is 6.28. The number of aliphatic imine (C=N–C) groups is 1. The molecule has 0 aliphatic heterocycles. The zero-order chi connectivity index (χ0) is 19.5. The van der Waals surface area contributed by atoms with Gasteiger partial charge < -0.3 is 25.2 Å². The number of guanidine groups is 1. The van der Waals surface area contributed by atoms with Gasteiger partial charge in [-0.15, -0.1) is 24.0 Å². The summed E-state index contributed by atoms with van der Waals surface area (Å²) in [6.07, 6.45) is -0.580. The van der Waals surface area contributed by atoms with Crippen LogP contribution in [0.2, 0.25) is 0 Å². The monoisotopic (exact) mass is 493 g/mol. The number of ether oxygens (including phenoxy) is 2. The normalized spacial score (nSPS) is 13.4. The van der Waals surface area contributed by atoms with E-state index in [1.54, 1.807) is 6.92 Å². The molecule has 0 saturated carbocycles. The number of nitrogens with one attached hydrogen (secondary N) is 2. The lowest BCUT2D eigenvalue weighted by atomic mass is 10.1. The number of benzene rings is 1. The highest BCUT2D eigenvalue weighted by Gasteiger charge is 2.13. The Morgan fingerprint density at radius 3 is 2.33 bits per heavy atom. The Bertz CT molecular complexity index is 579. The van der Waals surface area contributed by atoms with Crippen LogP contribution >= 0.6 is 24.0 Å². The molecule has 0 aromatic heterocycles. The Labute approximate surface area is 178 Å². The average molecular weight is 493 g/mol. The summed E-state index contributed by atoms with van der Waals surface area (Å²) in [7, 11) is 1.36. The smallest absolute Gasteiger partial charge is 0.310 e. The standard InChI is InChI=1S/C19H31N3O4.HI/c1-6-20-19(21-11-14(4)18(24)25-5)22-12-17(23)15-7-9-16(10-8-15)26-13(2)3;/h7-10,13-14,17,23H,6,11-12H2,1-5H3,(H2,20,21,22);1H. The fourth-order valence-corrected chi connectivity index (χ4v) is 2.20. The van der Waals surface area contributed by atoms with Crippen LogP contribution < -0.4 is 15.4 Å². The van der Waals surface area contributed by atoms with Crippen molar-refractivity contribution in [3.8, 4) is 5.75 Å². The predicted molar refractivity (Wildman–Crippen MR) is 118 cm³/mol. The van der Waals surface area contributed by atoms with Crippen LogP contribution in [0.3, 0.4) is 0 Å². The highest BCUT2D eigenvalue weighted by molar-refractivity contribution is 14.0. The van der Waals surface area contributed by atoms with Crippen LogP contribution in [0, 0.1) is 5.92 Å². The molecule has 0 saturated heterocycles. The maximum Gasteiger partial charge on any atom is 0.310 e. The van der Waals surface area contributed by atoms with Crippen LogP contribution in [0.5, 0.6) is 5.75 Å². The maximum atomic E-state index is 11.4. The van der Waals surface area contributed by atoms with E-state index in [1.165, 1.54) is 7.11 Å². The second kappa shape index (κ2) is 13.6. The van der Waals surface area contributed by atoms with E-state index in [4.69, 9.17) is 9.47 Å². The molecule has 0 bridgehead atoms. The minimum absolute atomic E-state index is 0. The molecule has 0 aliphatic carbocycles. The summed E-state index contributed by atoms with van der Waals surface area (Å²) in [4.78, 5) is 15.8. The number of esters is 1. The fraction of sp³-hybridized carbons (Fsp3) is 0.579. The van der Waals surface area contributed by atoms with E-state index < -0.39 is 6.10 Å². The predicted octanol–water partition coefficient (Wildman–Crippen LogP) is 2.49. The Morgan fingerprint density at radius 1 is 1.19 bits per heavy atom. The number of rotatable bonds is 9. The van der Waals surface area contributed by atoms with Crippen molar-refractivity contribution in [2.45, 2.75) is 39.9 Å². The molecule has 1 aromatic carbocycles. The molecular weight excluding hydrogens is 461 g/mol. The lowest BCUT2D eigenvalue weighted by Crippen LogP contribution is -2.40. The lowest BCUT2D eigenvalue weighted by Gasteiger charge is -2.17. The Kier molecular flexibility index (Phi) is 12.8. The van der Waals surface area contributed by atoms with Crippen LogP contribution in [-0.2, 0) is 9.53 Å². The highest BCUT2D eigenvalue weighted by atomic mass is 127. The third-order valence-electron chi connectivity index (χ3n) is 3.57. The number of hydrogen-bond acceptors (Lipinski definition) is 5. The molecular formula is C19H32IN3O4. The molecule has 0 amide bonds. The molecule has 154 valence electrons. The molecule has 0 radical (unpaired) electrons. The molecule has 0 spiro atoms. The lowest BCUT2D eigenvalue weighted by molar-refractivity contribution is -0.144. The van der Waals surface area contributed by atoms with E-state index in [9.17, 15) is 9.90 Å². The first-order chi connectivity index (χ1) is 12.4. The number of aliphatic hydroxyl groups excluding tert-OH is 1. The van der Waals surface area contributed by atoms with Crippen molar-refractivity contribution in [1.82, 2.24) is 10.6 Å². The molecule has 2 atom stereocenters. The van der Waals surface area contributed by atoms with Crippen molar-refractivity contribution < 1.29 is 19.4 Å². The minimum atomic E-state index is -0.690. The molecule has 0 fully saturated rings. The van der Waals surface area contributed by atoms with Gasteiger partial charge in [-0.1, -0.05) is 19.1 Å². The first kappa shape index (κ1) is 25.4. The molecule has 27 heavy (non-hydrogen) atoms. The first-order valence-corrected chi connectivity index (χ1v) is 8.92. The van der Waals surface area contributed by atoms with Crippen LogP contribution in [0.15, 0.2) is 29.3 Å². The van der Waals surface area contributed by atoms with E-state index in [-0.39, 0.29) is 42.0 Å². The summed E-state index contributed by atoms with van der Waals surface area (Å²) in [5.41, 5.74) is 0.785. The van der Waals surface area contributed by atoms with Gasteiger partial charge in [0.2, 0.25) is 0 Å². The van der Waals surface area contributed by atoms with Gasteiger partial charge >= 0.3 is 5.97 Å². The zero-order valence-corrected chi connectivity index (χ0v) is 19.0. The zero-order valence-electron chi connectivity index (χ0n) is 16.7. The van der Waals surface area contributed by atoms with Gasteiger partial charge in [-0.25, -0.2) is 0 Å². The summed E-state index contributed by atoms with van der Waals surface area (Å²) >= 11 is 0. The summed E-state index contributed by atoms with van der Waals surface area (Å²) in [5, 5.41) is 16.5. The van der Waals surface area contributed by atoms with Crippen molar-refractivity contribution in [2.75, 3.05) is 26.7 Å². The SMILES string of the molecule is CCNC(=NCC(C)C(=O)OC)NCC(O)c1ccc(OC(C)C)cc1.I. The molecule has 0 aliphatic rings. The number of aliphatic hydroxyl groups is 1. The fourth-order valence-electron chi connectivity index (χ4n) is 2.20. The Morgan fingerprint density at radius 2 is 1.81 bits per heavy atom. The number of halogens is 1. The summed E-state index contributed by atoms with van der Waals surface area (Å²) in [6, 6.07) is 7.37. The summed E-state index contributed by atoms with van der Waals surface area (Å²) in [6.45, 7) is 8.92. The van der Waals surface area contributed by atoms with Gasteiger partial charge in [-0.3, -0.25) is 9.79 Å². The van der Waals surface area contributed by atoms with Crippen molar-refractivity contribution in [1.29, 1.82) is 0 Å². The maximum absolute atomic E-state index is 11.4. The van der Waals surface area contributed by atoms with Crippen LogP contribution in [-0.4, -0.2) is 49.9 Å². The van der Waals surface area contributed by atoms with Crippen LogP contribution in [0.4, 0.5) is 0 Å². The van der Waals surface area contributed by atoms with Crippen molar-refractivity contribution in [2.24, 2.45) is 10.9 Å². The van der Waals surface area contributed by atoms with Crippen molar-refractivity contribution >= 4 is 35.9 Å². The molecule has 3 N–H and O–H groups in total. The number of nitrogens with zero attached hydrogens (tertiary/aromatic N) is 1. The van der Waals surface area contributed by atoms with E-state index >= 15 is 0 Å². The van der Waals surface area contributed by atoms with E-state index in [0.717, 1.165) is 11.3 Å². The van der Waals surface area contributed by atoms with Gasteiger partial charge in [0.1, 0.15) is 5.75 Å². The number of hydrogen-bond donors (Lipinski definition) is 3. The van der Waals surface area contributed by atoms with E-state index in [0.29, 0.717) is 25.6 Å². The van der Waals surface area contributed by atoms with Gasteiger partial charge in [-0.2, -0.15) is 0 Å². The van der Waals surface area contributed by atoms with Gasteiger partial charge in [-0.05, 0) is 38.5 Å². The molecule has 0 heterocycles. The number of carbonyl (C=O) groups excluding carboxylic acids is 1. The molecule has 1 rings (SSSR count). The van der Waals surface area contributed by atoms with E-state index in [2.05, 4.69) is 15.6 Å². The first-order valence-electron chi connectivity index (χ1n) is 8.92. The van der Waals surface area contributed by atoms with Crippen LogP contribution in [0.25, 0.3) is 0 Å². The van der Waals surface area contributed by atoms with Crippen molar-refractivity contribution in [3.63, 3.8) is 0 Å². The quantitative estimate of drug-likeness (QED) is 0.212. The van der Waals surface area contributed by atoms with Gasteiger partial charge in [0.15, 0.2) is 5.96 Å². The largest absolute Gasteiger partial charge is 0.491 e. The Hall–Kier alpha value is -1.55. The molecule has 7 nitrogen and oxygen atoms in total. The summed E-state index contributed by atoms with van der Waals surface area (Å²) in [5.74, 6) is 0.694. The molecule has 1 aromatic rings. The van der Waals surface area contributed by atoms with Gasteiger partial charge in [0.05, 0.1) is 31.8 Å². The molecule has 2 unspecified atom stereocenters. The minimum Gasteiger partial charge on any atom is -0.491 e. The number of carbonyl (C=O) groups is 1. The third kappa shape index (κ3) is 9.81. The highest BCUT2D eigenvalue weighted by Crippen LogP contribution is 2.18. The van der Waals surface area contributed by atoms with Crippen molar-refractivity contribution in [3.05, 3.63) is 29.8 Å².